The lowest BCUT2D eigenvalue weighted by Gasteiger charge is -1.94. The molecule has 4 nitrogen and oxygen atoms in total. The van der Waals surface area contributed by atoms with Gasteiger partial charge in [0.05, 0.1) is 0 Å². The second kappa shape index (κ2) is 3.10. The zero-order valence-electron chi connectivity index (χ0n) is 5.50. The normalized spacial score (nSPS) is 8.40. The molecule has 0 spiro atoms. The van der Waals surface area contributed by atoms with Gasteiger partial charge in [-0.05, 0) is 6.92 Å². The summed E-state index contributed by atoms with van der Waals surface area (Å²) in [5, 5.41) is 0. The van der Waals surface area contributed by atoms with Crippen LogP contribution in [0.4, 0.5) is 5.95 Å². The lowest BCUT2D eigenvalue weighted by atomic mass is 10.7. The Bertz CT molecular complexity index is 267. The van der Waals surface area contributed by atoms with E-state index in [9.17, 15) is 0 Å². The van der Waals surface area contributed by atoms with E-state index in [1.54, 1.807) is 6.92 Å². The van der Waals surface area contributed by atoms with E-state index in [-0.39, 0.29) is 9.12 Å². The van der Waals surface area contributed by atoms with Crippen LogP contribution < -0.4 is 4.98 Å². The molecule has 0 aromatic carbocycles. The molecule has 0 aliphatic rings. The molecule has 5 heteroatoms. The molecule has 0 radical (unpaired) electrons. The average molecular weight is 150 g/mol. The monoisotopic (exact) mass is 150 g/mol. The zero-order chi connectivity index (χ0) is 7.40. The van der Waals surface area contributed by atoms with E-state index in [1.165, 1.54) is 6.33 Å². The van der Waals surface area contributed by atoms with Crippen LogP contribution in [0.25, 0.3) is 0 Å². The van der Waals surface area contributed by atoms with Crippen molar-refractivity contribution in [3.8, 4) is 6.00 Å². The summed E-state index contributed by atoms with van der Waals surface area (Å²) in [5.41, 5.74) is 0. The summed E-state index contributed by atoms with van der Waals surface area (Å²) in [7, 11) is 0.129. The Balaban J connectivity index is 2.87. The molecule has 0 unspecified atom stereocenters. The number of hydrogen-bond donors (Lipinski definition) is 1. The fourth-order valence-electron chi connectivity index (χ4n) is 0.503. The SMILES string of the molecule is C#[Si]Nc1ncnc(C)n1. The maximum atomic E-state index is 5.23. The van der Waals surface area contributed by atoms with Gasteiger partial charge in [-0.25, -0.2) is 9.97 Å². The van der Waals surface area contributed by atoms with Crippen LogP contribution in [0, 0.1) is 12.9 Å². The second-order valence-electron chi connectivity index (χ2n) is 1.63. The Kier molecular flexibility index (Phi) is 2.14. The molecule has 0 aliphatic heterocycles. The molecule has 0 amide bonds. The third-order valence-electron chi connectivity index (χ3n) is 0.876. The number of rotatable bonds is 1. The van der Waals surface area contributed by atoms with Crippen molar-refractivity contribution in [1.29, 1.82) is 0 Å². The van der Waals surface area contributed by atoms with Crippen LogP contribution in [0.3, 0.4) is 0 Å². The van der Waals surface area contributed by atoms with Crippen LogP contribution in [-0.4, -0.2) is 24.1 Å². The van der Waals surface area contributed by atoms with Gasteiger partial charge in [-0.2, -0.15) is 4.98 Å². The highest BCUT2D eigenvalue weighted by molar-refractivity contribution is 6.26. The number of hydrogen-bond acceptors (Lipinski definition) is 4. The van der Waals surface area contributed by atoms with Gasteiger partial charge in [0.25, 0.3) is 0 Å². The van der Waals surface area contributed by atoms with Crippen molar-refractivity contribution in [2.75, 3.05) is 4.98 Å². The molecule has 10 heavy (non-hydrogen) atoms. The van der Waals surface area contributed by atoms with Crippen LogP contribution in [0.1, 0.15) is 5.82 Å². The minimum absolute atomic E-state index is 0.129. The van der Waals surface area contributed by atoms with Crippen molar-refractivity contribution >= 4 is 15.1 Å². The minimum atomic E-state index is 0.129. The molecule has 1 aromatic heterocycles. The Morgan fingerprint density at radius 3 is 3.00 bits per heavy atom. The third-order valence-corrected chi connectivity index (χ3v) is 1.24. The number of aromatic nitrogens is 3. The number of nitrogens with zero attached hydrogens (tertiary/aromatic N) is 3. The van der Waals surface area contributed by atoms with Crippen LogP contribution in [0.15, 0.2) is 6.33 Å². The molecule has 0 saturated heterocycles. The molecule has 1 aromatic rings. The van der Waals surface area contributed by atoms with Crippen molar-refractivity contribution in [1.82, 2.24) is 15.0 Å². The molecule has 0 fully saturated rings. The fourth-order valence-corrected chi connectivity index (χ4v) is 0.752. The predicted molar refractivity (Wildman–Crippen MR) is 38.9 cm³/mol. The van der Waals surface area contributed by atoms with E-state index >= 15 is 0 Å². The van der Waals surface area contributed by atoms with E-state index in [0.29, 0.717) is 11.8 Å². The minimum Gasteiger partial charge on any atom is -0.322 e. The highest BCUT2D eigenvalue weighted by atomic mass is 28.2. The van der Waals surface area contributed by atoms with Gasteiger partial charge in [0.2, 0.25) is 5.95 Å². The van der Waals surface area contributed by atoms with E-state index < -0.39 is 0 Å². The maximum Gasteiger partial charge on any atom is 0.229 e. The fraction of sp³-hybridized carbons (Fsp3) is 0.200. The largest absolute Gasteiger partial charge is 0.322 e. The number of aryl methyl sites for hydroxylation is 1. The Morgan fingerprint density at radius 1 is 1.60 bits per heavy atom. The van der Waals surface area contributed by atoms with Gasteiger partial charge in [0, 0.05) is 0 Å². The summed E-state index contributed by atoms with van der Waals surface area (Å²) >= 11 is 0. The molecule has 1 heterocycles. The van der Waals surface area contributed by atoms with E-state index in [4.69, 9.17) is 6.00 Å². The highest BCUT2D eigenvalue weighted by Crippen LogP contribution is 1.91. The first kappa shape index (κ1) is 6.92. The smallest absolute Gasteiger partial charge is 0.229 e. The van der Waals surface area contributed by atoms with Crippen LogP contribution in [0.5, 0.6) is 0 Å². The molecule has 0 atom stereocenters. The average Bonchev–Trinajstić information content (AvgIpc) is 1.88. The molecule has 50 valence electrons. The first-order valence-corrected chi connectivity index (χ1v) is 3.78. The standard InChI is InChI=1S/C5H6N4Si/c1-4-6-3-7-5(8-4)9-10-2/h2-3H,1H3,(H,6,7,8,9). The molecule has 1 rings (SSSR count). The van der Waals surface area contributed by atoms with Crippen LogP contribution in [-0.2, 0) is 0 Å². The summed E-state index contributed by atoms with van der Waals surface area (Å²) in [6, 6.07) is 5.23. The van der Waals surface area contributed by atoms with Crippen molar-refractivity contribution in [2.45, 2.75) is 6.92 Å². The predicted octanol–water partition coefficient (Wildman–Crippen LogP) is -0.200. The molecule has 1 N–H and O–H groups in total. The third kappa shape index (κ3) is 1.65. The maximum absolute atomic E-state index is 5.23. The summed E-state index contributed by atoms with van der Waals surface area (Å²) in [4.78, 5) is 14.4. The van der Waals surface area contributed by atoms with Gasteiger partial charge in [0.1, 0.15) is 21.3 Å². The van der Waals surface area contributed by atoms with E-state index in [2.05, 4.69) is 19.9 Å². The van der Waals surface area contributed by atoms with E-state index in [0.717, 1.165) is 0 Å². The van der Waals surface area contributed by atoms with Crippen molar-refractivity contribution < 1.29 is 0 Å². The summed E-state index contributed by atoms with van der Waals surface area (Å²) in [6.45, 7) is 1.80. The van der Waals surface area contributed by atoms with Crippen LogP contribution in [0.2, 0.25) is 0 Å². The summed E-state index contributed by atoms with van der Waals surface area (Å²) in [6.07, 6.45) is 1.45. The number of anilines is 1. The lowest BCUT2D eigenvalue weighted by Crippen LogP contribution is -2.01. The molecular weight excluding hydrogens is 144 g/mol. The zero-order valence-corrected chi connectivity index (χ0v) is 6.50. The first-order valence-electron chi connectivity index (χ1n) is 2.70. The van der Waals surface area contributed by atoms with Crippen molar-refractivity contribution in [3.63, 3.8) is 0 Å². The summed E-state index contributed by atoms with van der Waals surface area (Å²) < 4.78 is 0. The molecule has 0 saturated carbocycles. The highest BCUT2D eigenvalue weighted by Gasteiger charge is 1.90. The molecular formula is C5H6N4Si. The van der Waals surface area contributed by atoms with E-state index in [1.807, 2.05) is 0 Å². The Hall–Kier alpha value is -1.19. The van der Waals surface area contributed by atoms with Gasteiger partial charge < -0.3 is 4.98 Å². The van der Waals surface area contributed by atoms with Gasteiger partial charge in [-0.15, -0.1) is 6.00 Å². The molecule has 0 aliphatic carbocycles. The molecule has 0 bridgehead atoms. The topological polar surface area (TPSA) is 50.7 Å². The van der Waals surface area contributed by atoms with Crippen LogP contribution >= 0.6 is 0 Å². The Morgan fingerprint density at radius 2 is 2.40 bits per heavy atom. The Labute approximate surface area is 60.9 Å². The quantitative estimate of drug-likeness (QED) is 0.563. The van der Waals surface area contributed by atoms with Gasteiger partial charge >= 0.3 is 0 Å². The van der Waals surface area contributed by atoms with Crippen molar-refractivity contribution in [3.05, 3.63) is 12.2 Å². The lowest BCUT2D eigenvalue weighted by molar-refractivity contribution is 0.987. The summed E-state index contributed by atoms with van der Waals surface area (Å²) in [5.74, 6) is 1.23. The van der Waals surface area contributed by atoms with Gasteiger partial charge in [0.15, 0.2) is 0 Å². The number of nitrogens with one attached hydrogen (secondary N) is 1. The van der Waals surface area contributed by atoms with Gasteiger partial charge in [-0.3, -0.25) is 0 Å². The first-order chi connectivity index (χ1) is 4.83. The van der Waals surface area contributed by atoms with Crippen molar-refractivity contribution in [2.24, 2.45) is 0 Å². The van der Waals surface area contributed by atoms with Gasteiger partial charge in [-0.1, -0.05) is 0 Å². The second-order valence-corrected chi connectivity index (χ2v) is 2.16.